The van der Waals surface area contributed by atoms with Gasteiger partial charge in [-0.2, -0.15) is 0 Å². The maximum absolute atomic E-state index is 12.3. The minimum atomic E-state index is -3.17. The van der Waals surface area contributed by atoms with E-state index in [9.17, 15) is 23.1 Å². The Balaban J connectivity index is 2.13. The number of sulfone groups is 1. The number of hydrogen-bond donors (Lipinski definition) is 2. The van der Waals surface area contributed by atoms with Gasteiger partial charge in [-0.3, -0.25) is 4.79 Å². The highest BCUT2D eigenvalue weighted by molar-refractivity contribution is 7.90. The zero-order valence-electron chi connectivity index (χ0n) is 14.1. The number of carboxylic acids is 1. The Morgan fingerprint density at radius 2 is 1.92 bits per heavy atom. The number of hydrogen-bond acceptors (Lipinski definition) is 4. The molecule has 132 valence electrons. The van der Waals surface area contributed by atoms with Gasteiger partial charge < -0.3 is 10.4 Å². The number of carbonyl (C=O) groups excluding carboxylic acids is 1. The molecule has 24 heavy (non-hydrogen) atoms. The van der Waals surface area contributed by atoms with Crippen LogP contribution in [-0.4, -0.2) is 37.4 Å². The molecule has 0 bridgehead atoms. The molecule has 6 nitrogen and oxygen atoms in total. The van der Waals surface area contributed by atoms with Crippen LogP contribution in [0.5, 0.6) is 0 Å². The monoisotopic (exact) mass is 353 g/mol. The maximum atomic E-state index is 12.3. The quantitative estimate of drug-likeness (QED) is 0.778. The summed E-state index contributed by atoms with van der Waals surface area (Å²) in [5.74, 6) is -1.59. The summed E-state index contributed by atoms with van der Waals surface area (Å²) in [6.45, 7) is 3.70. The van der Waals surface area contributed by atoms with E-state index in [1.54, 1.807) is 12.1 Å². The molecule has 1 unspecified atom stereocenters. The Hall–Kier alpha value is -1.89. The summed E-state index contributed by atoms with van der Waals surface area (Å²) >= 11 is 0. The molecule has 1 aliphatic carbocycles. The molecule has 7 heteroatoms. The summed E-state index contributed by atoms with van der Waals surface area (Å²) in [5.41, 5.74) is 1.79. The zero-order valence-corrected chi connectivity index (χ0v) is 14.9. The first kappa shape index (κ1) is 18.4. The predicted molar refractivity (Wildman–Crippen MR) is 90.4 cm³/mol. The lowest BCUT2D eigenvalue weighted by molar-refractivity contribution is -0.142. The smallest absolute Gasteiger partial charge is 0.330 e. The van der Waals surface area contributed by atoms with Crippen molar-refractivity contribution >= 4 is 21.7 Å². The highest BCUT2D eigenvalue weighted by Crippen LogP contribution is 2.49. The Kier molecular flexibility index (Phi) is 5.03. The first-order chi connectivity index (χ1) is 11.0. The normalized spacial score (nSPS) is 17.1. The molecule has 1 aliphatic rings. The van der Waals surface area contributed by atoms with E-state index < -0.39 is 33.2 Å². The van der Waals surface area contributed by atoms with Crippen molar-refractivity contribution in [3.8, 4) is 0 Å². The van der Waals surface area contributed by atoms with Crippen molar-refractivity contribution in [3.05, 3.63) is 34.9 Å². The van der Waals surface area contributed by atoms with Gasteiger partial charge >= 0.3 is 5.97 Å². The fourth-order valence-corrected chi connectivity index (χ4v) is 4.52. The fourth-order valence-electron chi connectivity index (χ4n) is 3.02. The Labute approximate surface area is 142 Å². The van der Waals surface area contributed by atoms with Crippen molar-refractivity contribution in [2.24, 2.45) is 5.41 Å². The molecule has 1 amide bonds. The molecule has 1 fully saturated rings. The van der Waals surface area contributed by atoms with Gasteiger partial charge in [0.05, 0.1) is 5.75 Å². The molecule has 0 aliphatic heterocycles. The third kappa shape index (κ3) is 4.56. The molecule has 1 saturated carbocycles. The second-order valence-electron chi connectivity index (χ2n) is 6.87. The Morgan fingerprint density at radius 3 is 2.42 bits per heavy atom. The minimum Gasteiger partial charge on any atom is -0.479 e. The summed E-state index contributed by atoms with van der Waals surface area (Å²) in [6.07, 6.45) is 2.54. The second kappa shape index (κ2) is 6.55. The highest BCUT2D eigenvalue weighted by atomic mass is 32.2. The molecule has 1 atom stereocenters. The number of aryl methyl sites for hydroxylation is 1. The minimum absolute atomic E-state index is 0.0331. The molecular weight excluding hydrogens is 330 g/mol. The van der Waals surface area contributed by atoms with Gasteiger partial charge in [0, 0.05) is 12.7 Å². The van der Waals surface area contributed by atoms with Crippen LogP contribution in [0.4, 0.5) is 0 Å². The van der Waals surface area contributed by atoms with Gasteiger partial charge in [-0.25, -0.2) is 13.2 Å². The number of rotatable bonds is 7. The largest absolute Gasteiger partial charge is 0.479 e. The van der Waals surface area contributed by atoms with E-state index in [0.29, 0.717) is 18.4 Å². The molecule has 0 aromatic heterocycles. The van der Waals surface area contributed by atoms with Crippen LogP contribution in [0.25, 0.3) is 0 Å². The molecule has 0 heterocycles. The molecule has 1 aromatic carbocycles. The van der Waals surface area contributed by atoms with Crippen LogP contribution in [0.1, 0.15) is 42.0 Å². The van der Waals surface area contributed by atoms with Crippen molar-refractivity contribution in [2.45, 2.75) is 39.2 Å². The van der Waals surface area contributed by atoms with Crippen molar-refractivity contribution in [3.63, 3.8) is 0 Å². The third-order valence-electron chi connectivity index (χ3n) is 4.57. The van der Waals surface area contributed by atoms with Gasteiger partial charge in [-0.05, 0) is 48.8 Å². The van der Waals surface area contributed by atoms with Gasteiger partial charge in [0.2, 0.25) is 5.91 Å². The lowest BCUT2D eigenvalue weighted by Gasteiger charge is -2.20. The number of benzene rings is 1. The van der Waals surface area contributed by atoms with Crippen molar-refractivity contribution in [1.82, 2.24) is 5.32 Å². The van der Waals surface area contributed by atoms with Crippen LogP contribution in [-0.2, 0) is 19.4 Å². The van der Waals surface area contributed by atoms with E-state index in [4.69, 9.17) is 0 Å². The summed E-state index contributed by atoms with van der Waals surface area (Å²) in [5, 5.41) is 12.0. The summed E-state index contributed by atoms with van der Waals surface area (Å²) in [6, 6.07) is 4.19. The van der Waals surface area contributed by atoms with Crippen LogP contribution < -0.4 is 5.32 Å². The van der Waals surface area contributed by atoms with Crippen LogP contribution >= 0.6 is 0 Å². The molecule has 2 N–H and O–H groups in total. The van der Waals surface area contributed by atoms with Gasteiger partial charge in [0.1, 0.15) is 9.84 Å². The number of amides is 1. The molecule has 0 radical (unpaired) electrons. The number of carboxylic acid groups (broad SMARTS) is 1. The van der Waals surface area contributed by atoms with Crippen molar-refractivity contribution in [2.75, 3.05) is 12.0 Å². The van der Waals surface area contributed by atoms with Crippen molar-refractivity contribution < 1.29 is 23.1 Å². The number of carbonyl (C=O) groups is 2. The van der Waals surface area contributed by atoms with Gasteiger partial charge in [-0.15, -0.1) is 0 Å². The van der Waals surface area contributed by atoms with Gasteiger partial charge in [0.15, 0.2) is 6.04 Å². The van der Waals surface area contributed by atoms with Crippen LogP contribution in [0, 0.1) is 19.3 Å². The average Bonchev–Trinajstić information content (AvgIpc) is 3.16. The molecule has 0 saturated heterocycles. The van der Waals surface area contributed by atoms with E-state index in [1.807, 2.05) is 19.9 Å². The summed E-state index contributed by atoms with van der Waals surface area (Å²) in [4.78, 5) is 23.9. The predicted octanol–water partition coefficient (Wildman–Crippen LogP) is 1.76. The first-order valence-electron chi connectivity index (χ1n) is 7.79. The molecule has 2 rings (SSSR count). The standard InChI is InChI=1S/C17H23NO5S/c1-11-5-4-6-13(12(11)2)15(16(20)21)18-14(19)9-17(7-8-17)10-24(3,22)23/h4-6,15H,7-10H2,1-3H3,(H,18,19)(H,20,21). The lowest BCUT2D eigenvalue weighted by Crippen LogP contribution is -2.36. The first-order valence-corrected chi connectivity index (χ1v) is 9.85. The number of aliphatic carboxylic acids is 1. The fraction of sp³-hybridized carbons (Fsp3) is 0.529. The van der Waals surface area contributed by atoms with E-state index in [-0.39, 0.29) is 12.2 Å². The Morgan fingerprint density at radius 1 is 1.29 bits per heavy atom. The topological polar surface area (TPSA) is 101 Å². The molecule has 1 aromatic rings. The van der Waals surface area contributed by atoms with Gasteiger partial charge in [-0.1, -0.05) is 18.2 Å². The zero-order chi connectivity index (χ0) is 18.1. The summed E-state index contributed by atoms with van der Waals surface area (Å²) < 4.78 is 23.0. The molecule has 0 spiro atoms. The third-order valence-corrected chi connectivity index (χ3v) is 5.71. The number of nitrogens with one attached hydrogen (secondary N) is 1. The van der Waals surface area contributed by atoms with E-state index in [2.05, 4.69) is 5.32 Å². The van der Waals surface area contributed by atoms with Gasteiger partial charge in [0.25, 0.3) is 0 Å². The Bertz CT molecular complexity index is 765. The lowest BCUT2D eigenvalue weighted by atomic mass is 9.96. The average molecular weight is 353 g/mol. The van der Waals surface area contributed by atoms with Crippen LogP contribution in [0.2, 0.25) is 0 Å². The van der Waals surface area contributed by atoms with E-state index in [0.717, 1.165) is 17.4 Å². The van der Waals surface area contributed by atoms with E-state index >= 15 is 0 Å². The SMILES string of the molecule is Cc1cccc(C(NC(=O)CC2(CS(C)(=O)=O)CC2)C(=O)O)c1C. The molecular formula is C17H23NO5S. The van der Waals surface area contributed by atoms with Crippen LogP contribution in [0.3, 0.4) is 0 Å². The van der Waals surface area contributed by atoms with Crippen molar-refractivity contribution in [1.29, 1.82) is 0 Å². The van der Waals surface area contributed by atoms with E-state index in [1.165, 1.54) is 0 Å². The second-order valence-corrected chi connectivity index (χ2v) is 9.01. The summed E-state index contributed by atoms with van der Waals surface area (Å²) in [7, 11) is -3.17. The maximum Gasteiger partial charge on any atom is 0.330 e. The van der Waals surface area contributed by atoms with Crippen LogP contribution in [0.15, 0.2) is 18.2 Å². The highest BCUT2D eigenvalue weighted by Gasteiger charge is 2.47.